The van der Waals surface area contributed by atoms with Crippen molar-refractivity contribution >= 4 is 22.7 Å². The lowest BCUT2D eigenvalue weighted by atomic mass is 10.0. The zero-order valence-electron chi connectivity index (χ0n) is 11.8. The maximum Gasteiger partial charge on any atom is 0.197 e. The number of benzene rings is 2. The molecule has 0 saturated heterocycles. The minimum Gasteiger partial charge on any atom is -0.289 e. The van der Waals surface area contributed by atoms with Gasteiger partial charge in [-0.3, -0.25) is 9.59 Å². The Morgan fingerprint density at radius 1 is 0.952 bits per heavy atom. The molecule has 0 N–H and O–H groups in total. The monoisotopic (exact) mass is 296 g/mol. The van der Waals surface area contributed by atoms with Crippen LogP contribution in [0.2, 0.25) is 0 Å². The van der Waals surface area contributed by atoms with Crippen LogP contribution in [0.1, 0.15) is 29.3 Å². The number of carbonyl (C=O) groups excluding carboxylic acids is 2. The molecule has 0 radical (unpaired) electrons. The molecule has 1 aliphatic rings. The van der Waals surface area contributed by atoms with Crippen LogP contribution in [0.4, 0.5) is 0 Å². The second-order valence-corrected chi connectivity index (χ2v) is 6.54. The molecule has 1 fully saturated rings. The van der Waals surface area contributed by atoms with Gasteiger partial charge in [0, 0.05) is 21.9 Å². The molecule has 0 aromatic heterocycles. The van der Waals surface area contributed by atoms with Gasteiger partial charge in [-0.1, -0.05) is 49.0 Å². The first-order valence-electron chi connectivity index (χ1n) is 7.06. The Labute approximate surface area is 128 Å². The summed E-state index contributed by atoms with van der Waals surface area (Å²) in [6.45, 7) is 2.10. The molecule has 0 spiro atoms. The smallest absolute Gasteiger partial charge is 0.197 e. The Kier molecular flexibility index (Phi) is 3.93. The SMILES string of the molecule is CC1CC1C(=O)Sc1ccc(C(=O)c2ccccc2)cc1. The summed E-state index contributed by atoms with van der Waals surface area (Å²) in [6, 6.07) is 16.5. The first-order chi connectivity index (χ1) is 10.1. The van der Waals surface area contributed by atoms with Gasteiger partial charge in [0.05, 0.1) is 0 Å². The summed E-state index contributed by atoms with van der Waals surface area (Å²) in [5.41, 5.74) is 1.33. The number of hydrogen-bond donors (Lipinski definition) is 0. The molecule has 1 saturated carbocycles. The van der Waals surface area contributed by atoms with Gasteiger partial charge in [-0.2, -0.15) is 0 Å². The van der Waals surface area contributed by atoms with Crippen LogP contribution in [0, 0.1) is 11.8 Å². The van der Waals surface area contributed by atoms with Gasteiger partial charge < -0.3 is 0 Å². The minimum atomic E-state index is 0.00860. The van der Waals surface area contributed by atoms with Gasteiger partial charge in [-0.15, -0.1) is 0 Å². The highest BCUT2D eigenvalue weighted by Crippen LogP contribution is 2.42. The molecule has 0 heterocycles. The van der Waals surface area contributed by atoms with E-state index in [9.17, 15) is 9.59 Å². The summed E-state index contributed by atoms with van der Waals surface area (Å²) >= 11 is 1.28. The zero-order valence-corrected chi connectivity index (χ0v) is 12.6. The zero-order chi connectivity index (χ0) is 14.8. The Morgan fingerprint density at radius 3 is 2.10 bits per heavy atom. The molecule has 2 unspecified atom stereocenters. The summed E-state index contributed by atoms with van der Waals surface area (Å²) < 4.78 is 0. The lowest BCUT2D eigenvalue weighted by molar-refractivity contribution is -0.112. The number of hydrogen-bond acceptors (Lipinski definition) is 3. The largest absolute Gasteiger partial charge is 0.289 e. The van der Waals surface area contributed by atoms with Gasteiger partial charge in [0.25, 0.3) is 0 Å². The van der Waals surface area contributed by atoms with E-state index in [4.69, 9.17) is 0 Å². The number of ketones is 1. The van der Waals surface area contributed by atoms with Crippen LogP contribution in [-0.2, 0) is 4.79 Å². The Hall–Kier alpha value is -1.87. The van der Waals surface area contributed by atoms with Crippen LogP contribution in [0.15, 0.2) is 59.5 Å². The third-order valence-corrected chi connectivity index (χ3v) is 4.79. The average molecular weight is 296 g/mol. The molecule has 0 amide bonds. The summed E-state index contributed by atoms with van der Waals surface area (Å²) in [5.74, 6) is 0.763. The van der Waals surface area contributed by atoms with Crippen molar-refractivity contribution in [1.29, 1.82) is 0 Å². The third-order valence-electron chi connectivity index (χ3n) is 3.78. The second-order valence-electron chi connectivity index (χ2n) is 5.46. The molecule has 0 aliphatic heterocycles. The maximum absolute atomic E-state index is 12.3. The lowest BCUT2D eigenvalue weighted by Gasteiger charge is -2.03. The van der Waals surface area contributed by atoms with E-state index < -0.39 is 0 Å². The fraction of sp³-hybridized carbons (Fsp3) is 0.222. The van der Waals surface area contributed by atoms with Crippen molar-refractivity contribution in [2.45, 2.75) is 18.2 Å². The summed E-state index contributed by atoms with van der Waals surface area (Å²) in [6.07, 6.45) is 1.01. The van der Waals surface area contributed by atoms with Crippen molar-refractivity contribution in [1.82, 2.24) is 0 Å². The number of rotatable bonds is 4. The molecule has 106 valence electrons. The topological polar surface area (TPSA) is 34.1 Å². The molecule has 2 aromatic rings. The van der Waals surface area contributed by atoms with E-state index in [0.29, 0.717) is 17.0 Å². The second kappa shape index (κ2) is 5.86. The van der Waals surface area contributed by atoms with Crippen LogP contribution in [0.3, 0.4) is 0 Å². The van der Waals surface area contributed by atoms with Crippen molar-refractivity contribution in [2.24, 2.45) is 11.8 Å². The Morgan fingerprint density at radius 2 is 1.52 bits per heavy atom. The van der Waals surface area contributed by atoms with Gasteiger partial charge >= 0.3 is 0 Å². The third kappa shape index (κ3) is 3.24. The van der Waals surface area contributed by atoms with E-state index in [1.54, 1.807) is 12.1 Å². The average Bonchev–Trinajstić information content (AvgIpc) is 3.25. The van der Waals surface area contributed by atoms with Crippen LogP contribution in [0.25, 0.3) is 0 Å². The van der Waals surface area contributed by atoms with Crippen molar-refractivity contribution in [3.63, 3.8) is 0 Å². The number of carbonyl (C=O) groups is 2. The molecule has 0 bridgehead atoms. The van der Waals surface area contributed by atoms with Crippen molar-refractivity contribution in [2.75, 3.05) is 0 Å². The molecular formula is C18H16O2S. The molecule has 2 aromatic carbocycles. The predicted octanol–water partition coefficient (Wildman–Crippen LogP) is 4.19. The highest BCUT2D eigenvalue weighted by molar-refractivity contribution is 8.13. The fourth-order valence-electron chi connectivity index (χ4n) is 2.27. The van der Waals surface area contributed by atoms with Crippen LogP contribution < -0.4 is 0 Å². The Bertz CT molecular complexity index is 661. The van der Waals surface area contributed by atoms with E-state index in [1.165, 1.54) is 11.8 Å². The van der Waals surface area contributed by atoms with Crippen LogP contribution in [0.5, 0.6) is 0 Å². The minimum absolute atomic E-state index is 0.00860. The number of thioether (sulfide) groups is 1. The lowest BCUT2D eigenvalue weighted by Crippen LogP contribution is -2.01. The summed E-state index contributed by atoms with van der Waals surface area (Å²) in [4.78, 5) is 25.1. The van der Waals surface area contributed by atoms with Gasteiger partial charge in [-0.25, -0.2) is 0 Å². The van der Waals surface area contributed by atoms with Crippen LogP contribution >= 0.6 is 11.8 Å². The van der Waals surface area contributed by atoms with E-state index in [0.717, 1.165) is 11.3 Å². The highest BCUT2D eigenvalue weighted by atomic mass is 32.2. The molecule has 21 heavy (non-hydrogen) atoms. The fourth-order valence-corrected chi connectivity index (χ4v) is 3.26. The first-order valence-corrected chi connectivity index (χ1v) is 7.88. The maximum atomic E-state index is 12.3. The van der Waals surface area contributed by atoms with Crippen LogP contribution in [-0.4, -0.2) is 10.9 Å². The first kappa shape index (κ1) is 14.1. The van der Waals surface area contributed by atoms with Gasteiger partial charge in [0.1, 0.15) is 0 Å². The predicted molar refractivity (Wildman–Crippen MR) is 84.5 cm³/mol. The van der Waals surface area contributed by atoms with Crippen molar-refractivity contribution < 1.29 is 9.59 Å². The van der Waals surface area contributed by atoms with E-state index in [-0.39, 0.29) is 16.8 Å². The van der Waals surface area contributed by atoms with E-state index in [1.807, 2.05) is 42.5 Å². The molecule has 3 rings (SSSR count). The van der Waals surface area contributed by atoms with Crippen molar-refractivity contribution in [3.8, 4) is 0 Å². The standard InChI is InChI=1S/C18H16O2S/c1-12-11-16(12)18(20)21-15-9-7-14(8-10-15)17(19)13-5-3-2-4-6-13/h2-10,12,16H,11H2,1H3. The van der Waals surface area contributed by atoms with Gasteiger partial charge in [-0.05, 0) is 36.6 Å². The van der Waals surface area contributed by atoms with E-state index in [2.05, 4.69) is 6.92 Å². The van der Waals surface area contributed by atoms with Crippen molar-refractivity contribution in [3.05, 3.63) is 65.7 Å². The molecule has 3 heteroatoms. The summed E-state index contributed by atoms with van der Waals surface area (Å²) in [5, 5.41) is 0.240. The molecule has 2 nitrogen and oxygen atoms in total. The van der Waals surface area contributed by atoms with Gasteiger partial charge in [0.2, 0.25) is 0 Å². The quantitative estimate of drug-likeness (QED) is 0.626. The highest BCUT2D eigenvalue weighted by Gasteiger charge is 2.39. The van der Waals surface area contributed by atoms with E-state index >= 15 is 0 Å². The normalized spacial score (nSPS) is 20.0. The molecule has 2 atom stereocenters. The molecule has 1 aliphatic carbocycles. The van der Waals surface area contributed by atoms with Gasteiger partial charge in [0.15, 0.2) is 10.9 Å². The Balaban J connectivity index is 1.69. The molecular weight excluding hydrogens is 280 g/mol. The summed E-state index contributed by atoms with van der Waals surface area (Å²) in [7, 11) is 0.